The lowest BCUT2D eigenvalue weighted by molar-refractivity contribution is 0.0407. The summed E-state index contributed by atoms with van der Waals surface area (Å²) in [6.45, 7) is 2.75. The number of methoxy groups -OCH3 is 2. The molecule has 0 radical (unpaired) electrons. The van der Waals surface area contributed by atoms with Crippen LogP contribution in [0.15, 0.2) is 30.3 Å². The van der Waals surface area contributed by atoms with Crippen LogP contribution in [-0.2, 0) is 14.3 Å². The topological polar surface area (TPSA) is 63.1 Å². The van der Waals surface area contributed by atoms with E-state index in [-0.39, 0.29) is 12.3 Å². The van der Waals surface area contributed by atoms with Crippen molar-refractivity contribution in [1.29, 1.82) is 0 Å². The molecule has 2 rings (SSSR count). The van der Waals surface area contributed by atoms with Crippen molar-refractivity contribution < 1.29 is 19.1 Å². The number of urea groups is 1. The van der Waals surface area contributed by atoms with E-state index in [0.717, 1.165) is 5.56 Å². The normalized spacial score (nSPS) is 17.7. The van der Waals surface area contributed by atoms with Crippen LogP contribution in [0.2, 0.25) is 0 Å². The molecule has 1 aromatic rings. The van der Waals surface area contributed by atoms with Gasteiger partial charge in [0.15, 0.2) is 0 Å². The van der Waals surface area contributed by atoms with Crippen LogP contribution in [0.1, 0.15) is 25.1 Å². The van der Waals surface area contributed by atoms with E-state index >= 15 is 0 Å². The third-order valence-corrected chi connectivity index (χ3v) is 3.56. The third-order valence-electron chi connectivity index (χ3n) is 3.56. The summed E-state index contributed by atoms with van der Waals surface area (Å²) in [7, 11) is 3.21. The van der Waals surface area contributed by atoms with Gasteiger partial charge >= 0.3 is 6.03 Å². The maximum absolute atomic E-state index is 12.3. The highest BCUT2D eigenvalue weighted by Crippen LogP contribution is 2.37. The Morgan fingerprint density at radius 3 is 2.43 bits per heavy atom. The first-order chi connectivity index (χ1) is 10.2. The minimum absolute atomic E-state index is 0.278. The second-order valence-corrected chi connectivity index (χ2v) is 5.12. The van der Waals surface area contributed by atoms with E-state index in [2.05, 4.69) is 5.32 Å². The lowest BCUT2D eigenvalue weighted by atomic mass is 9.98. The lowest BCUT2D eigenvalue weighted by Crippen LogP contribution is -2.55. The van der Waals surface area contributed by atoms with E-state index in [9.17, 15) is 4.79 Å². The molecule has 1 saturated heterocycles. The Balaban J connectivity index is 1.97. The Labute approximate surface area is 124 Å². The van der Waals surface area contributed by atoms with Gasteiger partial charge in [0.25, 0.3) is 0 Å². The minimum Gasteiger partial charge on any atom is -0.382 e. The molecule has 1 aliphatic rings. The van der Waals surface area contributed by atoms with Crippen molar-refractivity contribution in [3.05, 3.63) is 35.9 Å². The Hall–Kier alpha value is -1.63. The molecule has 1 atom stereocenters. The number of hydrogen-bond donors (Lipinski definition) is 1. The van der Waals surface area contributed by atoms with Gasteiger partial charge in [0.1, 0.15) is 0 Å². The highest BCUT2D eigenvalue weighted by molar-refractivity contribution is 5.76. The number of amides is 2. The molecular formula is C15H22N2O4. The quantitative estimate of drug-likeness (QED) is 0.782. The summed E-state index contributed by atoms with van der Waals surface area (Å²) in [6, 6.07) is 9.33. The van der Waals surface area contributed by atoms with Crippen LogP contribution in [-0.4, -0.2) is 44.1 Å². The summed E-state index contributed by atoms with van der Waals surface area (Å²) >= 11 is 0. The molecule has 0 bridgehead atoms. The highest BCUT2D eigenvalue weighted by atomic mass is 16.8. The molecule has 6 heteroatoms. The first-order valence-corrected chi connectivity index (χ1v) is 6.97. The molecule has 0 aromatic heterocycles. The van der Waals surface area contributed by atoms with Crippen molar-refractivity contribution in [3.8, 4) is 0 Å². The molecule has 0 aliphatic carbocycles. The van der Waals surface area contributed by atoms with Crippen LogP contribution in [0.4, 0.5) is 4.79 Å². The molecule has 1 unspecified atom stereocenters. The third kappa shape index (κ3) is 3.72. The summed E-state index contributed by atoms with van der Waals surface area (Å²) in [5.74, 6) is 0. The smallest absolute Gasteiger partial charge is 0.344 e. The Morgan fingerprint density at radius 1 is 1.29 bits per heavy atom. The Bertz CT molecular complexity index is 460. The number of nitrogens with zero attached hydrogens (tertiary/aromatic N) is 1. The van der Waals surface area contributed by atoms with Crippen molar-refractivity contribution in [2.24, 2.45) is 0 Å². The van der Waals surface area contributed by atoms with Crippen molar-refractivity contribution >= 4 is 6.03 Å². The number of benzene rings is 1. The number of hydroxylamine groups is 2. The maximum atomic E-state index is 12.3. The van der Waals surface area contributed by atoms with Gasteiger partial charge < -0.3 is 14.8 Å². The average molecular weight is 294 g/mol. The zero-order chi connectivity index (χ0) is 15.3. The summed E-state index contributed by atoms with van der Waals surface area (Å²) in [4.78, 5) is 17.6. The number of ether oxygens (including phenoxy) is 2. The fraction of sp³-hybridized carbons (Fsp3) is 0.533. The van der Waals surface area contributed by atoms with E-state index in [0.29, 0.717) is 19.6 Å². The van der Waals surface area contributed by atoms with Gasteiger partial charge in [0.2, 0.25) is 6.23 Å². The fourth-order valence-electron chi connectivity index (χ4n) is 2.29. The molecule has 1 N–H and O–H groups in total. The van der Waals surface area contributed by atoms with Gasteiger partial charge in [-0.3, -0.25) is 0 Å². The number of carbonyl (C=O) groups excluding carboxylic acids is 1. The molecule has 116 valence electrons. The maximum Gasteiger partial charge on any atom is 0.344 e. The Morgan fingerprint density at radius 2 is 1.90 bits per heavy atom. The van der Waals surface area contributed by atoms with Gasteiger partial charge in [-0.15, -0.1) is 0 Å². The SMILES string of the molecule is CCC(COC)(COC)NC(=O)N1OC1c1ccccc1. The second kappa shape index (κ2) is 6.89. The van der Waals surface area contributed by atoms with Crippen LogP contribution >= 0.6 is 0 Å². The first kappa shape index (κ1) is 15.8. The standard InChI is InChI=1S/C15H22N2O4/c1-4-15(10-19-2,11-20-3)16-14(18)17-13(21-17)12-8-6-5-7-9-12/h5-9,13H,4,10-11H2,1-3H3,(H,16,18). The lowest BCUT2D eigenvalue weighted by Gasteiger charge is -2.32. The molecule has 0 saturated carbocycles. The predicted molar refractivity (Wildman–Crippen MR) is 77.4 cm³/mol. The van der Waals surface area contributed by atoms with Crippen molar-refractivity contribution in [1.82, 2.24) is 10.4 Å². The van der Waals surface area contributed by atoms with Crippen LogP contribution in [0.5, 0.6) is 0 Å². The zero-order valence-corrected chi connectivity index (χ0v) is 12.7. The van der Waals surface area contributed by atoms with Crippen LogP contribution in [0.3, 0.4) is 0 Å². The van der Waals surface area contributed by atoms with Crippen molar-refractivity contribution in [2.45, 2.75) is 25.1 Å². The predicted octanol–water partition coefficient (Wildman–Crippen LogP) is 2.08. The van der Waals surface area contributed by atoms with E-state index < -0.39 is 5.54 Å². The summed E-state index contributed by atoms with van der Waals surface area (Å²) in [5, 5.41) is 4.28. The molecule has 21 heavy (non-hydrogen) atoms. The summed E-state index contributed by atoms with van der Waals surface area (Å²) in [6.07, 6.45) is 0.385. The number of nitrogens with one attached hydrogen (secondary N) is 1. The Kier molecular flexibility index (Phi) is 5.17. The van der Waals surface area contributed by atoms with Crippen molar-refractivity contribution in [3.63, 3.8) is 0 Å². The van der Waals surface area contributed by atoms with Gasteiger partial charge in [-0.25, -0.2) is 9.63 Å². The molecule has 1 aromatic carbocycles. The van der Waals surface area contributed by atoms with Gasteiger partial charge in [-0.2, -0.15) is 5.06 Å². The van der Waals surface area contributed by atoms with Crippen LogP contribution in [0.25, 0.3) is 0 Å². The van der Waals surface area contributed by atoms with Gasteiger partial charge in [0, 0.05) is 19.8 Å². The average Bonchev–Trinajstić information content (AvgIpc) is 3.29. The second-order valence-electron chi connectivity index (χ2n) is 5.12. The molecule has 1 aliphatic heterocycles. The summed E-state index contributed by atoms with van der Waals surface area (Å²) < 4.78 is 10.4. The van der Waals surface area contributed by atoms with Gasteiger partial charge in [-0.05, 0) is 6.42 Å². The highest BCUT2D eigenvalue weighted by Gasteiger charge is 2.45. The molecule has 1 fully saturated rings. The molecule has 1 heterocycles. The van der Waals surface area contributed by atoms with Crippen LogP contribution in [0, 0.1) is 0 Å². The zero-order valence-electron chi connectivity index (χ0n) is 12.7. The number of rotatable bonds is 7. The molecule has 0 spiro atoms. The van der Waals surface area contributed by atoms with E-state index in [1.807, 2.05) is 37.3 Å². The number of hydrogen-bond acceptors (Lipinski definition) is 4. The largest absolute Gasteiger partial charge is 0.382 e. The monoisotopic (exact) mass is 294 g/mol. The van der Waals surface area contributed by atoms with Gasteiger partial charge in [-0.1, -0.05) is 37.3 Å². The van der Waals surface area contributed by atoms with E-state index in [1.165, 1.54) is 5.06 Å². The fourth-order valence-corrected chi connectivity index (χ4v) is 2.29. The molecule has 6 nitrogen and oxygen atoms in total. The number of carbonyl (C=O) groups is 1. The molecule has 2 amide bonds. The summed E-state index contributed by atoms with van der Waals surface area (Å²) in [5.41, 5.74) is 0.404. The van der Waals surface area contributed by atoms with Crippen molar-refractivity contribution in [2.75, 3.05) is 27.4 Å². The first-order valence-electron chi connectivity index (χ1n) is 6.97. The minimum atomic E-state index is -0.548. The molecular weight excluding hydrogens is 272 g/mol. The van der Waals surface area contributed by atoms with E-state index in [1.54, 1.807) is 14.2 Å². The van der Waals surface area contributed by atoms with Crippen LogP contribution < -0.4 is 5.32 Å². The van der Waals surface area contributed by atoms with E-state index in [4.69, 9.17) is 14.3 Å². The van der Waals surface area contributed by atoms with Gasteiger partial charge in [0.05, 0.1) is 18.8 Å².